The quantitative estimate of drug-likeness (QED) is 0.814. The lowest BCUT2D eigenvalue weighted by Gasteiger charge is -2.31. The number of nitrogens with zero attached hydrogens (tertiary/aromatic N) is 3. The molecule has 2 heterocycles. The molecule has 0 radical (unpaired) electrons. The van der Waals surface area contributed by atoms with Crippen molar-refractivity contribution in [2.45, 2.75) is 46.0 Å². The van der Waals surface area contributed by atoms with Gasteiger partial charge in [-0.25, -0.2) is 4.98 Å². The van der Waals surface area contributed by atoms with Gasteiger partial charge in [0.2, 0.25) is 0 Å². The third-order valence-corrected chi connectivity index (χ3v) is 4.15. The molecule has 0 unspecified atom stereocenters. The molecule has 5 heteroatoms. The van der Waals surface area contributed by atoms with Crippen molar-refractivity contribution in [3.05, 3.63) is 53.6 Å². The highest BCUT2D eigenvalue weighted by Gasteiger charge is 2.32. The number of ether oxygens (including phenoxy) is 1. The van der Waals surface area contributed by atoms with Crippen molar-refractivity contribution in [3.63, 3.8) is 0 Å². The van der Waals surface area contributed by atoms with Crippen LogP contribution in [-0.2, 0) is 34.8 Å². The van der Waals surface area contributed by atoms with Gasteiger partial charge in [0.1, 0.15) is 0 Å². The van der Waals surface area contributed by atoms with Crippen molar-refractivity contribution in [3.8, 4) is 0 Å². The van der Waals surface area contributed by atoms with E-state index >= 15 is 0 Å². The summed E-state index contributed by atoms with van der Waals surface area (Å²) in [7, 11) is 0. The standard InChI is InChI=1S/C18H23N3O2/c1-14(22)23-18(2,3)17-19-11-16-13-20(9-10-21(16)17)12-15-7-5-4-6-8-15/h4-8,11H,9-10,12-13H2,1-3H3. The SMILES string of the molecule is CC(=O)OC(C)(C)c1ncc2n1CCN(Cc1ccccc1)C2. The number of hydrogen-bond donors (Lipinski definition) is 0. The van der Waals surface area contributed by atoms with Gasteiger partial charge in [0, 0.05) is 39.3 Å². The van der Waals surface area contributed by atoms with Gasteiger partial charge in [-0.05, 0) is 19.4 Å². The van der Waals surface area contributed by atoms with Crippen LogP contribution in [0.5, 0.6) is 0 Å². The molecular weight excluding hydrogens is 290 g/mol. The second-order valence-corrected chi connectivity index (χ2v) is 6.52. The maximum absolute atomic E-state index is 11.3. The minimum atomic E-state index is -0.703. The number of esters is 1. The average Bonchev–Trinajstić information content (AvgIpc) is 2.91. The Morgan fingerprint density at radius 2 is 2.00 bits per heavy atom. The van der Waals surface area contributed by atoms with E-state index in [2.05, 4.69) is 38.7 Å². The lowest BCUT2D eigenvalue weighted by atomic mass is 10.1. The summed E-state index contributed by atoms with van der Waals surface area (Å²) in [5, 5.41) is 0. The molecule has 1 aliphatic rings. The highest BCUT2D eigenvalue weighted by atomic mass is 16.6. The Balaban J connectivity index is 1.75. The predicted octanol–water partition coefficient (Wildman–Crippen LogP) is 2.70. The summed E-state index contributed by atoms with van der Waals surface area (Å²) in [5.41, 5.74) is 1.79. The van der Waals surface area contributed by atoms with Gasteiger partial charge in [0.25, 0.3) is 0 Å². The summed E-state index contributed by atoms with van der Waals surface area (Å²) in [4.78, 5) is 18.2. The Kier molecular flexibility index (Phi) is 4.22. The van der Waals surface area contributed by atoms with E-state index in [1.807, 2.05) is 26.1 Å². The van der Waals surface area contributed by atoms with Crippen LogP contribution >= 0.6 is 0 Å². The highest BCUT2D eigenvalue weighted by molar-refractivity contribution is 5.66. The van der Waals surface area contributed by atoms with E-state index in [1.54, 1.807) is 0 Å². The zero-order valence-electron chi connectivity index (χ0n) is 14.0. The molecule has 0 saturated carbocycles. The van der Waals surface area contributed by atoms with Gasteiger partial charge < -0.3 is 9.30 Å². The summed E-state index contributed by atoms with van der Waals surface area (Å²) in [5.74, 6) is 0.538. The van der Waals surface area contributed by atoms with Crippen LogP contribution in [0.3, 0.4) is 0 Å². The number of aromatic nitrogens is 2. The topological polar surface area (TPSA) is 47.4 Å². The summed E-state index contributed by atoms with van der Waals surface area (Å²) < 4.78 is 7.62. The summed E-state index contributed by atoms with van der Waals surface area (Å²) in [6.07, 6.45) is 1.90. The third kappa shape index (κ3) is 3.45. The van der Waals surface area contributed by atoms with E-state index in [1.165, 1.54) is 18.2 Å². The fraction of sp³-hybridized carbons (Fsp3) is 0.444. The van der Waals surface area contributed by atoms with Crippen LogP contribution in [0.4, 0.5) is 0 Å². The van der Waals surface area contributed by atoms with Crippen molar-refractivity contribution in [2.24, 2.45) is 0 Å². The highest BCUT2D eigenvalue weighted by Crippen LogP contribution is 2.27. The Morgan fingerprint density at radius 3 is 2.70 bits per heavy atom. The van der Waals surface area contributed by atoms with Gasteiger partial charge in [0.05, 0.1) is 5.69 Å². The molecule has 0 atom stereocenters. The number of rotatable bonds is 4. The number of fused-ring (bicyclic) bond motifs is 1. The molecule has 0 aliphatic carbocycles. The number of carbonyl (C=O) groups is 1. The molecule has 5 nitrogen and oxygen atoms in total. The maximum Gasteiger partial charge on any atom is 0.303 e. The smallest absolute Gasteiger partial charge is 0.303 e. The van der Waals surface area contributed by atoms with E-state index in [0.717, 1.165) is 32.0 Å². The van der Waals surface area contributed by atoms with Crippen LogP contribution in [0.2, 0.25) is 0 Å². The molecule has 0 amide bonds. The van der Waals surface area contributed by atoms with Crippen molar-refractivity contribution < 1.29 is 9.53 Å². The van der Waals surface area contributed by atoms with Gasteiger partial charge in [-0.1, -0.05) is 30.3 Å². The van der Waals surface area contributed by atoms with Gasteiger partial charge in [-0.3, -0.25) is 9.69 Å². The normalized spacial score (nSPS) is 15.3. The molecule has 2 aromatic rings. The first-order chi connectivity index (χ1) is 11.0. The molecule has 0 spiro atoms. The van der Waals surface area contributed by atoms with Crippen molar-refractivity contribution in [1.82, 2.24) is 14.5 Å². The second kappa shape index (κ2) is 6.16. The molecule has 0 saturated heterocycles. The molecule has 23 heavy (non-hydrogen) atoms. The zero-order chi connectivity index (χ0) is 16.4. The number of benzene rings is 1. The van der Waals surface area contributed by atoms with Crippen molar-refractivity contribution in [2.75, 3.05) is 6.54 Å². The number of hydrogen-bond acceptors (Lipinski definition) is 4. The fourth-order valence-electron chi connectivity index (χ4n) is 3.20. The predicted molar refractivity (Wildman–Crippen MR) is 87.6 cm³/mol. The molecule has 0 fully saturated rings. The molecule has 1 aliphatic heterocycles. The first-order valence-electron chi connectivity index (χ1n) is 7.96. The first kappa shape index (κ1) is 15.7. The Hall–Kier alpha value is -2.14. The van der Waals surface area contributed by atoms with Crippen LogP contribution in [-0.4, -0.2) is 27.0 Å². The van der Waals surface area contributed by atoms with Crippen molar-refractivity contribution in [1.29, 1.82) is 0 Å². The van der Waals surface area contributed by atoms with E-state index in [0.29, 0.717) is 0 Å². The van der Waals surface area contributed by atoms with Crippen LogP contribution in [0.25, 0.3) is 0 Å². The Morgan fingerprint density at radius 1 is 1.26 bits per heavy atom. The molecule has 0 N–H and O–H groups in total. The summed E-state index contributed by atoms with van der Waals surface area (Å²) in [6, 6.07) is 10.5. The van der Waals surface area contributed by atoms with Crippen LogP contribution in [0.15, 0.2) is 36.5 Å². The lowest BCUT2D eigenvalue weighted by molar-refractivity contribution is -0.155. The minimum Gasteiger partial charge on any atom is -0.452 e. The van der Waals surface area contributed by atoms with Crippen LogP contribution in [0.1, 0.15) is 37.9 Å². The molecule has 3 rings (SSSR count). The van der Waals surface area contributed by atoms with Crippen molar-refractivity contribution >= 4 is 5.97 Å². The third-order valence-electron chi connectivity index (χ3n) is 4.15. The number of carbonyl (C=O) groups excluding carboxylic acids is 1. The zero-order valence-corrected chi connectivity index (χ0v) is 14.0. The maximum atomic E-state index is 11.3. The van der Waals surface area contributed by atoms with E-state index in [4.69, 9.17) is 4.74 Å². The van der Waals surface area contributed by atoms with Gasteiger partial charge >= 0.3 is 5.97 Å². The lowest BCUT2D eigenvalue weighted by Crippen LogP contribution is -2.36. The molecular formula is C18H23N3O2. The largest absolute Gasteiger partial charge is 0.452 e. The second-order valence-electron chi connectivity index (χ2n) is 6.52. The minimum absolute atomic E-state index is 0.283. The summed E-state index contributed by atoms with van der Waals surface area (Å²) >= 11 is 0. The van der Waals surface area contributed by atoms with Crippen LogP contribution < -0.4 is 0 Å². The van der Waals surface area contributed by atoms with Crippen LogP contribution in [0, 0.1) is 0 Å². The molecule has 1 aromatic heterocycles. The summed E-state index contributed by atoms with van der Waals surface area (Å²) in [6.45, 7) is 8.83. The monoisotopic (exact) mass is 313 g/mol. The Bertz CT molecular complexity index is 692. The Labute approximate surface area is 136 Å². The molecule has 122 valence electrons. The van der Waals surface area contributed by atoms with Gasteiger partial charge in [-0.2, -0.15) is 0 Å². The van der Waals surface area contributed by atoms with Gasteiger partial charge in [-0.15, -0.1) is 0 Å². The van der Waals surface area contributed by atoms with E-state index < -0.39 is 5.60 Å². The number of imidazole rings is 1. The van der Waals surface area contributed by atoms with Gasteiger partial charge in [0.15, 0.2) is 11.4 Å². The molecule has 0 bridgehead atoms. The van der Waals surface area contributed by atoms with E-state index in [9.17, 15) is 4.79 Å². The first-order valence-corrected chi connectivity index (χ1v) is 7.96. The fourth-order valence-corrected chi connectivity index (χ4v) is 3.20. The molecule has 1 aromatic carbocycles. The average molecular weight is 313 g/mol. The van der Waals surface area contributed by atoms with E-state index in [-0.39, 0.29) is 5.97 Å².